The highest BCUT2D eigenvalue weighted by Gasteiger charge is 1.97. The van der Waals surface area contributed by atoms with Crippen LogP contribution in [-0.2, 0) is 0 Å². The zero-order valence-electron chi connectivity index (χ0n) is 5.94. The number of hydrogen-bond donors (Lipinski definition) is 1. The van der Waals surface area contributed by atoms with Gasteiger partial charge in [0, 0.05) is 0 Å². The Kier molecular flexibility index (Phi) is 4.98. The van der Waals surface area contributed by atoms with Crippen molar-refractivity contribution in [2.75, 3.05) is 7.05 Å². The molecule has 0 saturated heterocycles. The maximum atomic E-state index is 12.3. The number of rotatable bonds is 0. The van der Waals surface area contributed by atoms with Gasteiger partial charge >= 0.3 is 0 Å². The van der Waals surface area contributed by atoms with E-state index < -0.39 is 11.6 Å². The Hall–Kier alpha value is -0.480. The molecule has 1 nitrogen and oxygen atoms in total. The van der Waals surface area contributed by atoms with Crippen LogP contribution in [0.25, 0.3) is 0 Å². The second-order valence-electron chi connectivity index (χ2n) is 1.56. The second kappa shape index (κ2) is 5.21. The molecule has 0 unspecified atom stereocenters. The first kappa shape index (κ1) is 10.5. The molecule has 2 N–H and O–H groups in total. The molecule has 4 heteroatoms. The highest BCUT2D eigenvalue weighted by Crippen LogP contribution is 2.15. The SMILES string of the molecule is CN.Fc1ccc(F)c(Br)c1. The van der Waals surface area contributed by atoms with Crippen molar-refractivity contribution in [1.82, 2.24) is 0 Å². The van der Waals surface area contributed by atoms with Crippen LogP contribution < -0.4 is 5.73 Å². The summed E-state index contributed by atoms with van der Waals surface area (Å²) in [4.78, 5) is 0. The Balaban J connectivity index is 0.000000461. The van der Waals surface area contributed by atoms with Crippen LogP contribution in [0.4, 0.5) is 8.78 Å². The zero-order chi connectivity index (χ0) is 8.85. The summed E-state index contributed by atoms with van der Waals surface area (Å²) in [6.45, 7) is 0. The fourth-order valence-corrected chi connectivity index (χ4v) is 0.821. The molecule has 0 aromatic heterocycles. The quantitative estimate of drug-likeness (QED) is 0.672. The molecule has 0 saturated carbocycles. The highest BCUT2D eigenvalue weighted by molar-refractivity contribution is 9.10. The van der Waals surface area contributed by atoms with Crippen molar-refractivity contribution in [3.8, 4) is 0 Å². The van der Waals surface area contributed by atoms with Crippen LogP contribution in [0.15, 0.2) is 22.7 Å². The lowest BCUT2D eigenvalue weighted by molar-refractivity contribution is 0.594. The van der Waals surface area contributed by atoms with Crippen molar-refractivity contribution in [2.24, 2.45) is 5.73 Å². The summed E-state index contributed by atoms with van der Waals surface area (Å²) in [5, 5.41) is 0. The predicted octanol–water partition coefficient (Wildman–Crippen LogP) is 2.30. The molecule has 0 aliphatic carbocycles. The van der Waals surface area contributed by atoms with E-state index >= 15 is 0 Å². The Labute approximate surface area is 72.3 Å². The maximum Gasteiger partial charge on any atom is 0.137 e. The van der Waals surface area contributed by atoms with Crippen LogP contribution in [-0.4, -0.2) is 7.05 Å². The van der Waals surface area contributed by atoms with Crippen LogP contribution in [0.1, 0.15) is 0 Å². The lowest BCUT2D eigenvalue weighted by Crippen LogP contribution is -1.77. The van der Waals surface area contributed by atoms with Gasteiger partial charge in [-0.15, -0.1) is 0 Å². The number of benzene rings is 1. The summed E-state index contributed by atoms with van der Waals surface area (Å²) < 4.78 is 24.6. The molecule has 0 aliphatic rings. The van der Waals surface area contributed by atoms with Crippen LogP contribution in [0, 0.1) is 11.6 Å². The minimum absolute atomic E-state index is 0.155. The van der Waals surface area contributed by atoms with Crippen molar-refractivity contribution in [1.29, 1.82) is 0 Å². The Morgan fingerprint density at radius 2 is 1.82 bits per heavy atom. The summed E-state index contributed by atoms with van der Waals surface area (Å²) in [5.41, 5.74) is 4.50. The number of halogens is 3. The topological polar surface area (TPSA) is 26.0 Å². The Morgan fingerprint density at radius 3 is 2.18 bits per heavy atom. The lowest BCUT2D eigenvalue weighted by Gasteiger charge is -1.90. The van der Waals surface area contributed by atoms with Gasteiger partial charge < -0.3 is 5.73 Å². The average molecular weight is 224 g/mol. The molecule has 1 aromatic rings. The third-order valence-corrected chi connectivity index (χ3v) is 1.49. The van der Waals surface area contributed by atoms with Gasteiger partial charge in [0.25, 0.3) is 0 Å². The van der Waals surface area contributed by atoms with Gasteiger partial charge in [-0.25, -0.2) is 8.78 Å². The highest BCUT2D eigenvalue weighted by atomic mass is 79.9. The maximum absolute atomic E-state index is 12.3. The zero-order valence-corrected chi connectivity index (χ0v) is 7.53. The van der Waals surface area contributed by atoms with Gasteiger partial charge in [-0.2, -0.15) is 0 Å². The molecule has 0 atom stereocenters. The molecule has 0 amide bonds. The molecule has 0 aliphatic heterocycles. The van der Waals surface area contributed by atoms with Gasteiger partial charge in [0.1, 0.15) is 11.6 Å². The molecule has 11 heavy (non-hydrogen) atoms. The van der Waals surface area contributed by atoms with E-state index in [0.29, 0.717) is 0 Å². The third-order valence-electron chi connectivity index (χ3n) is 0.882. The van der Waals surface area contributed by atoms with Crippen LogP contribution in [0.5, 0.6) is 0 Å². The normalized spacial score (nSPS) is 8.45. The molecule has 0 radical (unpaired) electrons. The summed E-state index contributed by atoms with van der Waals surface area (Å²) >= 11 is 2.83. The van der Waals surface area contributed by atoms with Gasteiger partial charge in [0.2, 0.25) is 0 Å². The van der Waals surface area contributed by atoms with Gasteiger partial charge in [-0.1, -0.05) is 0 Å². The van der Waals surface area contributed by atoms with Crippen molar-refractivity contribution in [3.63, 3.8) is 0 Å². The van der Waals surface area contributed by atoms with E-state index in [9.17, 15) is 8.78 Å². The smallest absolute Gasteiger partial charge is 0.137 e. The molecule has 0 bridgehead atoms. The molecule has 1 aromatic carbocycles. The van der Waals surface area contributed by atoms with E-state index in [1.54, 1.807) is 0 Å². The number of nitrogens with two attached hydrogens (primary N) is 1. The molecule has 62 valence electrons. The summed E-state index contributed by atoms with van der Waals surface area (Å²) in [6.07, 6.45) is 0. The summed E-state index contributed by atoms with van der Waals surface area (Å²) in [6, 6.07) is 3.22. The Morgan fingerprint density at radius 1 is 1.27 bits per heavy atom. The van der Waals surface area contributed by atoms with Crippen molar-refractivity contribution >= 4 is 15.9 Å². The summed E-state index contributed by atoms with van der Waals surface area (Å²) in [5.74, 6) is -0.889. The average Bonchev–Trinajstić information content (AvgIpc) is 2.02. The lowest BCUT2D eigenvalue weighted by atomic mass is 10.3. The Bertz CT molecular complexity index is 228. The van der Waals surface area contributed by atoms with Crippen LogP contribution in [0.2, 0.25) is 0 Å². The van der Waals surface area contributed by atoms with Crippen molar-refractivity contribution in [3.05, 3.63) is 34.3 Å². The van der Waals surface area contributed by atoms with Gasteiger partial charge in [-0.05, 0) is 41.2 Å². The van der Waals surface area contributed by atoms with E-state index in [-0.39, 0.29) is 4.47 Å². The first-order valence-corrected chi connectivity index (χ1v) is 3.68. The van der Waals surface area contributed by atoms with Gasteiger partial charge in [0.15, 0.2) is 0 Å². The van der Waals surface area contributed by atoms with E-state index in [1.165, 1.54) is 7.05 Å². The fourth-order valence-electron chi connectivity index (χ4n) is 0.470. The van der Waals surface area contributed by atoms with E-state index in [1.807, 2.05) is 0 Å². The molecule has 0 fully saturated rings. The largest absolute Gasteiger partial charge is 0.333 e. The first-order chi connectivity index (χ1) is 5.20. The van der Waals surface area contributed by atoms with Crippen molar-refractivity contribution < 1.29 is 8.78 Å². The van der Waals surface area contributed by atoms with E-state index in [2.05, 4.69) is 21.7 Å². The monoisotopic (exact) mass is 223 g/mol. The van der Waals surface area contributed by atoms with Crippen molar-refractivity contribution in [2.45, 2.75) is 0 Å². The van der Waals surface area contributed by atoms with Gasteiger partial charge in [0.05, 0.1) is 4.47 Å². The molecular weight excluding hydrogens is 216 g/mol. The van der Waals surface area contributed by atoms with Gasteiger partial charge in [-0.3, -0.25) is 0 Å². The predicted molar refractivity (Wildman–Crippen MR) is 44.2 cm³/mol. The third kappa shape index (κ3) is 3.43. The minimum atomic E-state index is -0.448. The van der Waals surface area contributed by atoms with E-state index in [4.69, 9.17) is 0 Å². The molecule has 0 heterocycles. The van der Waals surface area contributed by atoms with E-state index in [0.717, 1.165) is 18.2 Å². The molecular formula is C7H8BrF2N. The number of hydrogen-bond acceptors (Lipinski definition) is 1. The van der Waals surface area contributed by atoms with Crippen LogP contribution >= 0.6 is 15.9 Å². The molecule has 0 spiro atoms. The minimum Gasteiger partial charge on any atom is -0.333 e. The summed E-state index contributed by atoms with van der Waals surface area (Å²) in [7, 11) is 1.50. The standard InChI is InChI=1S/C6H3BrF2.CH5N/c7-5-3-4(8)1-2-6(5)9;1-2/h1-3H;2H2,1H3. The van der Waals surface area contributed by atoms with Crippen LogP contribution in [0.3, 0.4) is 0 Å². The molecule has 1 rings (SSSR count). The second-order valence-corrected chi connectivity index (χ2v) is 2.41. The first-order valence-electron chi connectivity index (χ1n) is 2.88. The fraction of sp³-hybridized carbons (Fsp3) is 0.143.